The molecule has 0 aliphatic heterocycles. The molecule has 4 rings (SSSR count). The van der Waals surface area contributed by atoms with E-state index in [1.54, 1.807) is 10.6 Å². The van der Waals surface area contributed by atoms with Crippen molar-refractivity contribution in [3.05, 3.63) is 56.1 Å². The van der Waals surface area contributed by atoms with Crippen LogP contribution >= 0.6 is 38.6 Å². The van der Waals surface area contributed by atoms with Crippen LogP contribution in [-0.2, 0) is 43.5 Å². The van der Waals surface area contributed by atoms with Gasteiger partial charge in [-0.15, -0.1) is 17.9 Å². The molecule has 1 aromatic carbocycles. The Morgan fingerprint density at radius 2 is 1.95 bits per heavy atom. The molecule has 2 heterocycles. The highest BCUT2D eigenvalue weighted by atomic mass is 79.9. The number of methoxy groups -OCH3 is 1. The number of sulfone groups is 1. The van der Waals surface area contributed by atoms with Crippen molar-refractivity contribution in [3.63, 3.8) is 0 Å². The molecule has 0 spiro atoms. The number of rotatable bonds is 8. The van der Waals surface area contributed by atoms with E-state index in [9.17, 15) is 22.8 Å². The van der Waals surface area contributed by atoms with E-state index >= 15 is 0 Å². The molecule has 38 heavy (non-hydrogen) atoms. The average molecular weight is 641 g/mol. The summed E-state index contributed by atoms with van der Waals surface area (Å²) in [7, 11) is -2.86. The predicted octanol–water partition coefficient (Wildman–Crippen LogP) is 4.25. The Morgan fingerprint density at radius 1 is 1.18 bits per heavy atom. The van der Waals surface area contributed by atoms with Crippen molar-refractivity contribution >= 4 is 81.4 Å². The van der Waals surface area contributed by atoms with E-state index in [1.165, 1.54) is 29.8 Å². The maximum Gasteiger partial charge on any atom is 0.341 e. The van der Waals surface area contributed by atoms with Crippen molar-refractivity contribution in [2.24, 2.45) is 4.99 Å². The molecular weight excluding hydrogens is 614 g/mol. The lowest BCUT2D eigenvalue weighted by molar-refractivity contribution is -0.115. The van der Waals surface area contributed by atoms with E-state index in [4.69, 9.17) is 4.74 Å². The van der Waals surface area contributed by atoms with Crippen molar-refractivity contribution in [2.75, 3.05) is 23.9 Å². The molecule has 2 amide bonds. The second kappa shape index (κ2) is 12.1. The molecule has 13 heteroatoms. The Bertz CT molecular complexity index is 1600. The molecule has 0 unspecified atom stereocenters. The Labute approximate surface area is 236 Å². The zero-order valence-electron chi connectivity index (χ0n) is 20.6. The minimum atomic E-state index is -4.13. The van der Waals surface area contributed by atoms with Gasteiger partial charge in [-0.2, -0.15) is 4.99 Å². The SMILES string of the molecule is C=CCn1c(=NC(=O)CS(=O)(=O)CC(=O)Nc2sc3c(c2C(=O)OC)CCCCC3)sc2cc(Br)ccc21. The first-order chi connectivity index (χ1) is 18.1. The number of amides is 2. The number of nitrogens with one attached hydrogen (secondary N) is 1. The molecule has 1 N–H and O–H groups in total. The summed E-state index contributed by atoms with van der Waals surface area (Å²) in [5, 5.41) is 2.85. The minimum absolute atomic E-state index is 0.280. The number of hydrogen-bond acceptors (Lipinski definition) is 8. The molecule has 0 bridgehead atoms. The van der Waals surface area contributed by atoms with E-state index in [-0.39, 0.29) is 10.6 Å². The van der Waals surface area contributed by atoms with Gasteiger partial charge in [-0.05, 0) is 49.4 Å². The number of nitrogens with zero attached hydrogens (tertiary/aromatic N) is 2. The fourth-order valence-electron chi connectivity index (χ4n) is 4.33. The Hall–Kier alpha value is -2.61. The lowest BCUT2D eigenvalue weighted by atomic mass is 10.1. The van der Waals surface area contributed by atoms with Crippen molar-refractivity contribution < 1.29 is 27.5 Å². The number of aromatic nitrogens is 1. The first-order valence-electron chi connectivity index (χ1n) is 11.8. The van der Waals surface area contributed by atoms with Gasteiger partial charge in [-0.1, -0.05) is 39.8 Å². The summed E-state index contributed by atoms with van der Waals surface area (Å²) < 4.78 is 33.9. The van der Waals surface area contributed by atoms with E-state index in [2.05, 4.69) is 32.8 Å². The second-order valence-electron chi connectivity index (χ2n) is 8.74. The summed E-state index contributed by atoms with van der Waals surface area (Å²) in [6.45, 7) is 4.12. The van der Waals surface area contributed by atoms with Crippen LogP contribution in [0.1, 0.15) is 40.1 Å². The number of benzene rings is 1. The quantitative estimate of drug-likeness (QED) is 0.223. The number of thiazole rings is 1. The van der Waals surface area contributed by atoms with Crippen molar-refractivity contribution in [1.82, 2.24) is 4.57 Å². The first kappa shape index (κ1) is 28.4. The van der Waals surface area contributed by atoms with Gasteiger partial charge in [-0.3, -0.25) is 9.59 Å². The van der Waals surface area contributed by atoms with Gasteiger partial charge in [0.05, 0.1) is 22.9 Å². The standard InChI is InChI=1S/C25H26BrN3O6S3/c1-3-11-29-17-10-9-15(26)12-19(17)37-25(29)28-21(31)14-38(33,34)13-20(30)27-23-22(24(32)35-2)16-7-5-4-6-8-18(16)36-23/h3,9-10,12H,1,4-8,11,13-14H2,2H3,(H,27,30). The number of fused-ring (bicyclic) bond motifs is 2. The minimum Gasteiger partial charge on any atom is -0.465 e. The highest BCUT2D eigenvalue weighted by Gasteiger charge is 2.28. The smallest absolute Gasteiger partial charge is 0.341 e. The Kier molecular flexibility index (Phi) is 9.01. The molecule has 1 aliphatic carbocycles. The van der Waals surface area contributed by atoms with Crippen LogP contribution in [0.2, 0.25) is 0 Å². The van der Waals surface area contributed by atoms with Gasteiger partial charge < -0.3 is 14.6 Å². The average Bonchev–Trinajstić information content (AvgIpc) is 3.24. The number of anilines is 1. The third kappa shape index (κ3) is 6.50. The number of carbonyl (C=O) groups is 3. The number of aryl methyl sites for hydroxylation is 1. The summed E-state index contributed by atoms with van der Waals surface area (Å²) in [5.74, 6) is -4.10. The highest BCUT2D eigenvalue weighted by Crippen LogP contribution is 2.38. The third-order valence-electron chi connectivity index (χ3n) is 5.93. The lowest BCUT2D eigenvalue weighted by Crippen LogP contribution is -2.28. The molecule has 0 radical (unpaired) electrons. The number of halogens is 1. The number of ether oxygens (including phenoxy) is 1. The molecule has 0 fully saturated rings. The van der Waals surface area contributed by atoms with Gasteiger partial charge in [0.25, 0.3) is 5.91 Å². The monoisotopic (exact) mass is 639 g/mol. The summed E-state index contributed by atoms with van der Waals surface area (Å²) in [5.41, 5.74) is 1.98. The van der Waals surface area contributed by atoms with E-state index in [0.29, 0.717) is 17.8 Å². The number of allylic oxidation sites excluding steroid dienone is 1. The second-order valence-corrected chi connectivity index (χ2v) is 13.8. The molecule has 0 saturated carbocycles. The van der Waals surface area contributed by atoms with E-state index in [0.717, 1.165) is 50.8 Å². The Balaban J connectivity index is 1.51. The number of carbonyl (C=O) groups excluding carboxylic acids is 3. The summed E-state index contributed by atoms with van der Waals surface area (Å²) >= 11 is 5.94. The van der Waals surface area contributed by atoms with Crippen LogP contribution in [-0.4, -0.2) is 49.4 Å². The summed E-state index contributed by atoms with van der Waals surface area (Å²) in [4.78, 5) is 43.2. The van der Waals surface area contributed by atoms with Crippen LogP contribution in [0.25, 0.3) is 10.2 Å². The molecular formula is C25H26BrN3O6S3. The zero-order valence-corrected chi connectivity index (χ0v) is 24.7. The summed E-state index contributed by atoms with van der Waals surface area (Å²) in [6, 6.07) is 5.62. The van der Waals surface area contributed by atoms with Gasteiger partial charge in [0.2, 0.25) is 5.91 Å². The fraction of sp³-hybridized carbons (Fsp3) is 0.360. The first-order valence-corrected chi connectivity index (χ1v) is 16.1. The number of hydrogen-bond donors (Lipinski definition) is 1. The molecule has 202 valence electrons. The number of thiophene rings is 1. The van der Waals surface area contributed by atoms with Crippen LogP contribution in [0.3, 0.4) is 0 Å². The third-order valence-corrected chi connectivity index (χ3v) is 10.1. The van der Waals surface area contributed by atoms with Crippen molar-refractivity contribution in [1.29, 1.82) is 0 Å². The normalized spacial score (nSPS) is 14.1. The molecule has 1 aliphatic rings. The van der Waals surface area contributed by atoms with Crippen molar-refractivity contribution in [3.8, 4) is 0 Å². The van der Waals surface area contributed by atoms with Crippen molar-refractivity contribution in [2.45, 2.75) is 38.6 Å². The molecule has 9 nitrogen and oxygen atoms in total. The topological polar surface area (TPSA) is 124 Å². The van der Waals surface area contributed by atoms with Crippen LogP contribution < -0.4 is 10.1 Å². The van der Waals surface area contributed by atoms with Crippen LogP contribution in [0.5, 0.6) is 0 Å². The zero-order chi connectivity index (χ0) is 27.4. The summed E-state index contributed by atoms with van der Waals surface area (Å²) in [6.07, 6.45) is 6.09. The maximum absolute atomic E-state index is 12.7. The lowest BCUT2D eigenvalue weighted by Gasteiger charge is -2.07. The van der Waals surface area contributed by atoms with Crippen LogP contribution in [0, 0.1) is 0 Å². The highest BCUT2D eigenvalue weighted by molar-refractivity contribution is 9.10. The predicted molar refractivity (Wildman–Crippen MR) is 152 cm³/mol. The van der Waals surface area contributed by atoms with Crippen LogP contribution in [0.15, 0.2) is 40.3 Å². The molecule has 0 saturated heterocycles. The van der Waals surface area contributed by atoms with E-state index in [1.807, 2.05) is 18.2 Å². The number of esters is 1. The Morgan fingerprint density at radius 3 is 2.68 bits per heavy atom. The van der Waals surface area contributed by atoms with Gasteiger partial charge in [0.15, 0.2) is 14.6 Å². The molecule has 2 aromatic heterocycles. The molecule has 3 aromatic rings. The largest absolute Gasteiger partial charge is 0.465 e. The molecule has 0 atom stereocenters. The van der Waals surface area contributed by atoms with E-state index < -0.39 is 39.1 Å². The fourth-order valence-corrected chi connectivity index (χ4v) is 8.24. The van der Waals surface area contributed by atoms with Gasteiger partial charge in [0.1, 0.15) is 16.5 Å². The maximum atomic E-state index is 12.7. The van der Waals surface area contributed by atoms with Gasteiger partial charge >= 0.3 is 5.97 Å². The van der Waals surface area contributed by atoms with Crippen LogP contribution in [0.4, 0.5) is 5.00 Å². The van der Waals surface area contributed by atoms with Gasteiger partial charge in [0, 0.05) is 15.9 Å². The van der Waals surface area contributed by atoms with Gasteiger partial charge in [-0.25, -0.2) is 13.2 Å².